The fourth-order valence-corrected chi connectivity index (χ4v) is 1.32. The monoisotopic (exact) mass is 288 g/mol. The molecule has 0 radical (unpaired) electrons. The molecule has 0 heterocycles. The molecule has 0 spiro atoms. The van der Waals surface area contributed by atoms with Gasteiger partial charge in [0.05, 0.1) is 12.3 Å². The Morgan fingerprint density at radius 1 is 1.35 bits per heavy atom. The van der Waals surface area contributed by atoms with E-state index in [0.29, 0.717) is 0 Å². The lowest BCUT2D eigenvalue weighted by Gasteiger charge is -2.14. The van der Waals surface area contributed by atoms with Crippen molar-refractivity contribution in [3.8, 4) is 5.75 Å². The number of para-hydroxylation sites is 2. The molecule has 3 N–H and O–H groups in total. The smallest absolute Gasteiger partial charge is 0.387 e. The van der Waals surface area contributed by atoms with Crippen LogP contribution in [-0.2, 0) is 14.3 Å². The number of alkyl halides is 2. The van der Waals surface area contributed by atoms with Crippen LogP contribution >= 0.6 is 0 Å². The summed E-state index contributed by atoms with van der Waals surface area (Å²) in [5.74, 6) is -2.02. The molecule has 0 aliphatic heterocycles. The third-order valence-corrected chi connectivity index (χ3v) is 2.18. The van der Waals surface area contributed by atoms with Crippen LogP contribution in [0.25, 0.3) is 0 Å². The molecule has 0 aromatic heterocycles. The molecule has 110 valence electrons. The summed E-state index contributed by atoms with van der Waals surface area (Å²) in [5, 5.41) is 2.23. The highest BCUT2D eigenvalue weighted by Crippen LogP contribution is 2.25. The number of rotatable bonds is 6. The van der Waals surface area contributed by atoms with E-state index in [9.17, 15) is 18.4 Å². The third-order valence-electron chi connectivity index (χ3n) is 2.18. The number of anilines is 1. The summed E-state index contributed by atoms with van der Waals surface area (Å²) in [6.45, 7) is -1.40. The summed E-state index contributed by atoms with van der Waals surface area (Å²) in [6, 6.07) is 4.00. The summed E-state index contributed by atoms with van der Waals surface area (Å²) in [7, 11) is 0. The van der Waals surface area contributed by atoms with Crippen molar-refractivity contribution >= 4 is 17.6 Å². The minimum atomic E-state index is -3.04. The number of esters is 1. The van der Waals surface area contributed by atoms with Crippen molar-refractivity contribution in [2.75, 3.05) is 11.9 Å². The molecule has 1 atom stereocenters. The van der Waals surface area contributed by atoms with Crippen LogP contribution in [0.2, 0.25) is 0 Å². The van der Waals surface area contributed by atoms with E-state index in [-0.39, 0.29) is 18.0 Å². The van der Waals surface area contributed by atoms with Crippen LogP contribution in [0.3, 0.4) is 0 Å². The van der Waals surface area contributed by atoms with E-state index in [1.807, 2.05) is 0 Å². The number of nitrogens with two attached hydrogens (primary N) is 1. The van der Waals surface area contributed by atoms with Crippen LogP contribution in [0.5, 0.6) is 5.75 Å². The molecule has 0 aliphatic carbocycles. The normalized spacial score (nSPS) is 11.8. The topological polar surface area (TPSA) is 90.7 Å². The molecule has 1 unspecified atom stereocenters. The minimum Gasteiger partial charge on any atom is -0.464 e. The molecule has 20 heavy (non-hydrogen) atoms. The Balaban J connectivity index is 2.77. The van der Waals surface area contributed by atoms with Gasteiger partial charge in [0.2, 0.25) is 0 Å². The highest BCUT2D eigenvalue weighted by atomic mass is 19.3. The van der Waals surface area contributed by atoms with Gasteiger partial charge in [0.25, 0.3) is 5.91 Å². The van der Waals surface area contributed by atoms with Crippen molar-refractivity contribution in [3.63, 3.8) is 0 Å². The Hall–Kier alpha value is -2.22. The summed E-state index contributed by atoms with van der Waals surface area (Å²) in [6.07, 6.45) is 0. The number of nitrogens with one attached hydrogen (secondary N) is 1. The Labute approximate surface area is 113 Å². The molecule has 8 heteroatoms. The fourth-order valence-electron chi connectivity index (χ4n) is 1.32. The molecule has 6 nitrogen and oxygen atoms in total. The third kappa shape index (κ3) is 4.47. The lowest BCUT2D eigenvalue weighted by atomic mass is 10.2. The van der Waals surface area contributed by atoms with Crippen LogP contribution in [0.4, 0.5) is 14.5 Å². The van der Waals surface area contributed by atoms with Gasteiger partial charge >= 0.3 is 12.6 Å². The fraction of sp³-hybridized carbons (Fsp3) is 0.333. The molecular formula is C12H14F2N2O4. The summed E-state index contributed by atoms with van der Waals surface area (Å²) in [4.78, 5) is 23.0. The van der Waals surface area contributed by atoms with Gasteiger partial charge in [0, 0.05) is 0 Å². The van der Waals surface area contributed by atoms with Crippen LogP contribution in [-0.4, -0.2) is 31.1 Å². The van der Waals surface area contributed by atoms with Gasteiger partial charge in [-0.15, -0.1) is 0 Å². The largest absolute Gasteiger partial charge is 0.464 e. The molecule has 0 bridgehead atoms. The molecular weight excluding hydrogens is 274 g/mol. The maximum Gasteiger partial charge on any atom is 0.387 e. The second-order valence-electron chi connectivity index (χ2n) is 3.59. The number of hydrogen-bond acceptors (Lipinski definition) is 5. The molecule has 1 aromatic rings. The molecule has 1 amide bonds. The number of carbonyl (C=O) groups excluding carboxylic acids is 2. The summed E-state index contributed by atoms with van der Waals surface area (Å²) >= 11 is 0. The number of ether oxygens (including phenoxy) is 2. The number of hydrogen-bond donors (Lipinski definition) is 2. The first-order chi connectivity index (χ1) is 9.45. The maximum atomic E-state index is 12.2. The van der Waals surface area contributed by atoms with Crippen molar-refractivity contribution in [2.24, 2.45) is 5.73 Å². The Morgan fingerprint density at radius 2 is 2.00 bits per heavy atom. The predicted molar refractivity (Wildman–Crippen MR) is 66.3 cm³/mol. The van der Waals surface area contributed by atoms with Crippen molar-refractivity contribution in [1.82, 2.24) is 0 Å². The number of halogens is 2. The SMILES string of the molecule is CCOC(=O)C(N)C(=O)Nc1ccccc1OC(F)F. The van der Waals surface area contributed by atoms with Gasteiger partial charge in [-0.25, -0.2) is 4.79 Å². The maximum absolute atomic E-state index is 12.2. The van der Waals surface area contributed by atoms with Crippen LogP contribution < -0.4 is 15.8 Å². The summed E-state index contributed by atoms with van der Waals surface area (Å²) < 4.78 is 33.2. The van der Waals surface area contributed by atoms with Crippen molar-refractivity contribution in [2.45, 2.75) is 19.6 Å². The van der Waals surface area contributed by atoms with Gasteiger partial charge in [-0.2, -0.15) is 8.78 Å². The first-order valence-corrected chi connectivity index (χ1v) is 5.72. The van der Waals surface area contributed by atoms with Crippen molar-refractivity contribution < 1.29 is 27.8 Å². The lowest BCUT2D eigenvalue weighted by molar-refractivity contribution is -0.146. The van der Waals surface area contributed by atoms with E-state index in [4.69, 9.17) is 5.73 Å². The molecule has 0 fully saturated rings. The second kappa shape index (κ2) is 7.39. The number of carbonyl (C=O) groups is 2. The molecule has 1 rings (SSSR count). The number of amides is 1. The Bertz CT molecular complexity index is 482. The zero-order valence-electron chi connectivity index (χ0n) is 10.6. The van der Waals surface area contributed by atoms with Gasteiger partial charge in [-0.1, -0.05) is 12.1 Å². The highest BCUT2D eigenvalue weighted by Gasteiger charge is 2.24. The summed E-state index contributed by atoms with van der Waals surface area (Å²) in [5.41, 5.74) is 5.35. The van der Waals surface area contributed by atoms with Gasteiger partial charge in [-0.3, -0.25) is 4.79 Å². The second-order valence-corrected chi connectivity index (χ2v) is 3.59. The van der Waals surface area contributed by atoms with Gasteiger partial charge in [0.15, 0.2) is 6.04 Å². The standard InChI is InChI=1S/C12H14F2N2O4/c1-2-19-11(18)9(15)10(17)16-7-5-3-4-6-8(7)20-12(13)14/h3-6,9,12H,2,15H2,1H3,(H,16,17). The van der Waals surface area contributed by atoms with Crippen molar-refractivity contribution in [1.29, 1.82) is 0 Å². The van der Waals surface area contributed by atoms with Gasteiger partial charge in [-0.05, 0) is 19.1 Å². The predicted octanol–water partition coefficient (Wildman–Crippen LogP) is 1.12. The van der Waals surface area contributed by atoms with Crippen molar-refractivity contribution in [3.05, 3.63) is 24.3 Å². The van der Waals surface area contributed by atoms with E-state index in [1.54, 1.807) is 6.92 Å². The molecule has 1 aromatic carbocycles. The minimum absolute atomic E-state index is 0.0162. The number of benzene rings is 1. The average Bonchev–Trinajstić information content (AvgIpc) is 2.39. The zero-order valence-corrected chi connectivity index (χ0v) is 10.6. The quantitative estimate of drug-likeness (QED) is 0.604. The van der Waals surface area contributed by atoms with Crippen LogP contribution in [0.1, 0.15) is 6.92 Å². The van der Waals surface area contributed by atoms with Gasteiger partial charge < -0.3 is 20.5 Å². The molecule has 0 saturated carbocycles. The Kier molecular flexibility index (Phi) is 5.85. The first-order valence-electron chi connectivity index (χ1n) is 5.72. The van der Waals surface area contributed by atoms with Gasteiger partial charge in [0.1, 0.15) is 5.75 Å². The zero-order chi connectivity index (χ0) is 15.1. The van der Waals surface area contributed by atoms with E-state index in [2.05, 4.69) is 14.8 Å². The first kappa shape index (κ1) is 15.8. The van der Waals surface area contributed by atoms with E-state index in [0.717, 1.165) is 0 Å². The van der Waals surface area contributed by atoms with E-state index < -0.39 is 24.5 Å². The lowest BCUT2D eigenvalue weighted by Crippen LogP contribution is -2.43. The Morgan fingerprint density at radius 3 is 2.60 bits per heavy atom. The molecule has 0 aliphatic rings. The average molecular weight is 288 g/mol. The molecule has 0 saturated heterocycles. The van der Waals surface area contributed by atoms with Crippen LogP contribution in [0, 0.1) is 0 Å². The van der Waals surface area contributed by atoms with E-state index in [1.165, 1.54) is 24.3 Å². The van der Waals surface area contributed by atoms with E-state index >= 15 is 0 Å². The highest BCUT2D eigenvalue weighted by molar-refractivity contribution is 6.08. The van der Waals surface area contributed by atoms with Crippen LogP contribution in [0.15, 0.2) is 24.3 Å².